The summed E-state index contributed by atoms with van der Waals surface area (Å²) in [5.74, 6) is -3.27. The third-order valence-corrected chi connectivity index (χ3v) is 5.03. The SMILES string of the molecule is Cc1nc2cc(-c3nc(C#N)ccc3/C(C=N)=C/NCCC(F)(F)C(F)F)ccc2n1C. The van der Waals surface area contributed by atoms with Gasteiger partial charge in [0.05, 0.1) is 16.7 Å². The molecular weight excluding hydrogens is 424 g/mol. The van der Waals surface area contributed by atoms with Crippen molar-refractivity contribution in [3.8, 4) is 17.3 Å². The second-order valence-electron chi connectivity index (χ2n) is 7.14. The molecule has 0 aliphatic rings. The molecule has 32 heavy (non-hydrogen) atoms. The largest absolute Gasteiger partial charge is 0.390 e. The van der Waals surface area contributed by atoms with Crippen molar-refractivity contribution in [2.24, 2.45) is 7.05 Å². The predicted octanol–water partition coefficient (Wildman–Crippen LogP) is 4.69. The van der Waals surface area contributed by atoms with Crippen LogP contribution in [0.3, 0.4) is 0 Å². The van der Waals surface area contributed by atoms with Gasteiger partial charge in [-0.05, 0) is 31.2 Å². The van der Waals surface area contributed by atoms with Crippen molar-refractivity contribution in [1.82, 2.24) is 19.9 Å². The fraction of sp³-hybridized carbons (Fsp3) is 0.273. The van der Waals surface area contributed by atoms with Crippen LogP contribution >= 0.6 is 0 Å². The molecule has 0 fully saturated rings. The maximum Gasteiger partial charge on any atom is 0.309 e. The zero-order valence-electron chi connectivity index (χ0n) is 17.3. The van der Waals surface area contributed by atoms with Gasteiger partial charge in [-0.3, -0.25) is 0 Å². The Morgan fingerprint density at radius 3 is 2.69 bits per heavy atom. The van der Waals surface area contributed by atoms with E-state index in [0.29, 0.717) is 16.8 Å². The number of pyridine rings is 1. The number of hydrogen-bond donors (Lipinski definition) is 2. The standard InChI is InChI=1S/C22H20F4N6/c1-13-30-18-9-14(3-6-19(18)32(13)2)20-17(5-4-16(11-28)31-20)15(10-27)12-29-8-7-22(25,26)21(23)24/h3-6,9-10,12,21,27,29H,7-8H2,1-2H3/b15-12+,27-10?. The van der Waals surface area contributed by atoms with Gasteiger partial charge in [-0.25, -0.2) is 27.5 Å². The van der Waals surface area contributed by atoms with Gasteiger partial charge in [-0.1, -0.05) is 6.07 Å². The molecule has 2 aromatic heterocycles. The van der Waals surface area contributed by atoms with Crippen LogP contribution in [0.4, 0.5) is 17.6 Å². The molecule has 2 N–H and O–H groups in total. The zero-order valence-corrected chi connectivity index (χ0v) is 17.3. The Morgan fingerprint density at radius 2 is 2.03 bits per heavy atom. The highest BCUT2D eigenvalue weighted by Crippen LogP contribution is 2.30. The first-order valence-corrected chi connectivity index (χ1v) is 9.63. The van der Waals surface area contributed by atoms with E-state index in [1.807, 2.05) is 42.8 Å². The van der Waals surface area contributed by atoms with Crippen LogP contribution in [0.15, 0.2) is 36.5 Å². The van der Waals surface area contributed by atoms with Gasteiger partial charge in [-0.2, -0.15) is 5.26 Å². The molecule has 0 unspecified atom stereocenters. The van der Waals surface area contributed by atoms with Crippen LogP contribution < -0.4 is 5.32 Å². The van der Waals surface area contributed by atoms with Gasteiger partial charge >= 0.3 is 12.3 Å². The fourth-order valence-electron chi connectivity index (χ4n) is 3.17. The summed E-state index contributed by atoms with van der Waals surface area (Å²) in [5.41, 5.74) is 3.62. The fourth-order valence-corrected chi connectivity index (χ4v) is 3.17. The Bertz CT molecular complexity index is 1220. The molecule has 6 nitrogen and oxygen atoms in total. The molecule has 0 aliphatic heterocycles. The Labute approximate surface area is 181 Å². The van der Waals surface area contributed by atoms with Gasteiger partial charge < -0.3 is 15.3 Å². The third kappa shape index (κ3) is 4.61. The van der Waals surface area contributed by atoms with Crippen molar-refractivity contribution in [2.45, 2.75) is 25.7 Å². The number of hydrogen-bond acceptors (Lipinski definition) is 5. The summed E-state index contributed by atoms with van der Waals surface area (Å²) in [6.07, 6.45) is -2.51. The number of nitriles is 1. The second kappa shape index (κ2) is 9.18. The smallest absolute Gasteiger partial charge is 0.309 e. The average molecular weight is 444 g/mol. The molecular formula is C22H20F4N6. The van der Waals surface area contributed by atoms with Crippen LogP contribution in [0.25, 0.3) is 27.9 Å². The Hall–Kier alpha value is -3.74. The summed E-state index contributed by atoms with van der Waals surface area (Å²) in [6.45, 7) is 1.46. The van der Waals surface area contributed by atoms with E-state index in [2.05, 4.69) is 15.3 Å². The molecule has 0 atom stereocenters. The number of imidazole rings is 1. The molecule has 0 radical (unpaired) electrons. The van der Waals surface area contributed by atoms with E-state index < -0.39 is 25.3 Å². The van der Waals surface area contributed by atoms with Crippen LogP contribution in [0, 0.1) is 23.7 Å². The molecule has 2 heterocycles. The average Bonchev–Trinajstić information content (AvgIpc) is 3.06. The van der Waals surface area contributed by atoms with E-state index in [0.717, 1.165) is 23.1 Å². The highest BCUT2D eigenvalue weighted by molar-refractivity contribution is 6.10. The van der Waals surface area contributed by atoms with Crippen molar-refractivity contribution >= 4 is 22.8 Å². The van der Waals surface area contributed by atoms with Crippen LogP contribution in [-0.4, -0.2) is 39.6 Å². The van der Waals surface area contributed by atoms with E-state index in [1.54, 1.807) is 6.07 Å². The first-order chi connectivity index (χ1) is 15.2. The molecule has 0 spiro atoms. The lowest BCUT2D eigenvalue weighted by atomic mass is 9.99. The first-order valence-electron chi connectivity index (χ1n) is 9.63. The van der Waals surface area contributed by atoms with E-state index in [9.17, 15) is 22.8 Å². The van der Waals surface area contributed by atoms with E-state index in [4.69, 9.17) is 5.41 Å². The second-order valence-corrected chi connectivity index (χ2v) is 7.14. The number of allylic oxidation sites excluding steroid dienone is 1. The minimum atomic E-state index is -4.09. The highest BCUT2D eigenvalue weighted by atomic mass is 19.3. The summed E-state index contributed by atoms with van der Waals surface area (Å²) in [7, 11) is 1.89. The Kier molecular flexibility index (Phi) is 6.58. The predicted molar refractivity (Wildman–Crippen MR) is 114 cm³/mol. The number of nitrogens with one attached hydrogen (secondary N) is 2. The normalized spacial score (nSPS) is 12.2. The van der Waals surface area contributed by atoms with Crippen molar-refractivity contribution in [2.75, 3.05) is 6.54 Å². The van der Waals surface area contributed by atoms with E-state index in [-0.39, 0.29) is 11.3 Å². The van der Waals surface area contributed by atoms with Gasteiger partial charge in [0.2, 0.25) is 0 Å². The van der Waals surface area contributed by atoms with Gasteiger partial charge in [0.1, 0.15) is 17.6 Å². The lowest BCUT2D eigenvalue weighted by Gasteiger charge is -2.15. The number of rotatable bonds is 8. The molecule has 0 aliphatic carbocycles. The van der Waals surface area contributed by atoms with Crippen molar-refractivity contribution < 1.29 is 17.6 Å². The molecule has 0 saturated heterocycles. The van der Waals surface area contributed by atoms with E-state index in [1.165, 1.54) is 12.3 Å². The Morgan fingerprint density at radius 1 is 1.28 bits per heavy atom. The number of aromatic nitrogens is 3. The maximum atomic E-state index is 13.1. The summed E-state index contributed by atoms with van der Waals surface area (Å²) in [6, 6.07) is 10.5. The van der Waals surface area contributed by atoms with Gasteiger partial charge in [0.25, 0.3) is 0 Å². The van der Waals surface area contributed by atoms with E-state index >= 15 is 0 Å². The number of nitrogens with zero attached hydrogens (tertiary/aromatic N) is 4. The minimum Gasteiger partial charge on any atom is -0.390 e. The monoisotopic (exact) mass is 444 g/mol. The summed E-state index contributed by atoms with van der Waals surface area (Å²) < 4.78 is 52.7. The molecule has 10 heteroatoms. The molecule has 0 saturated carbocycles. The van der Waals surface area contributed by atoms with Gasteiger partial charge in [0, 0.05) is 49.1 Å². The Balaban J connectivity index is 1.98. The molecule has 0 bridgehead atoms. The molecule has 3 aromatic rings. The number of aryl methyl sites for hydroxylation is 2. The number of benzene rings is 1. The lowest BCUT2D eigenvalue weighted by molar-refractivity contribution is -0.131. The lowest BCUT2D eigenvalue weighted by Crippen LogP contribution is -2.30. The first kappa shape index (κ1) is 22.9. The van der Waals surface area contributed by atoms with Crippen LogP contribution in [0.1, 0.15) is 23.5 Å². The topological polar surface area (TPSA) is 90.4 Å². The number of halogens is 4. The molecule has 1 aromatic carbocycles. The van der Waals surface area contributed by atoms with Gasteiger partial charge in [0.15, 0.2) is 0 Å². The van der Waals surface area contributed by atoms with Crippen molar-refractivity contribution in [3.63, 3.8) is 0 Å². The van der Waals surface area contributed by atoms with Crippen molar-refractivity contribution in [1.29, 1.82) is 10.7 Å². The number of alkyl halides is 4. The summed E-state index contributed by atoms with van der Waals surface area (Å²) in [5, 5.41) is 19.6. The number of fused-ring (bicyclic) bond motifs is 1. The van der Waals surface area contributed by atoms with Crippen LogP contribution in [0.2, 0.25) is 0 Å². The minimum absolute atomic E-state index is 0.162. The quantitative estimate of drug-likeness (QED) is 0.300. The summed E-state index contributed by atoms with van der Waals surface area (Å²) in [4.78, 5) is 8.87. The van der Waals surface area contributed by atoms with Crippen molar-refractivity contribution in [3.05, 3.63) is 53.6 Å². The highest BCUT2D eigenvalue weighted by Gasteiger charge is 2.39. The molecule has 0 amide bonds. The van der Waals surface area contributed by atoms with Crippen LogP contribution in [-0.2, 0) is 7.05 Å². The molecule has 166 valence electrons. The third-order valence-electron chi connectivity index (χ3n) is 5.03. The summed E-state index contributed by atoms with van der Waals surface area (Å²) >= 11 is 0. The zero-order chi connectivity index (χ0) is 23.5. The molecule has 3 rings (SSSR count). The maximum absolute atomic E-state index is 13.1. The van der Waals surface area contributed by atoms with Gasteiger partial charge in [-0.15, -0.1) is 0 Å². The van der Waals surface area contributed by atoms with Crippen LogP contribution in [0.5, 0.6) is 0 Å².